The molecule has 0 unspecified atom stereocenters. The van der Waals surface area contributed by atoms with Crippen molar-refractivity contribution in [3.8, 4) is 17.2 Å². The summed E-state index contributed by atoms with van der Waals surface area (Å²) in [6.07, 6.45) is 14.0. The van der Waals surface area contributed by atoms with E-state index in [1.807, 2.05) is 12.1 Å². The maximum absolute atomic E-state index is 10.5. The van der Waals surface area contributed by atoms with Crippen LogP contribution in [0.2, 0.25) is 0 Å². The number of methoxy groups -OCH3 is 2. The highest BCUT2D eigenvalue weighted by Gasteiger charge is 2.20. The van der Waals surface area contributed by atoms with Gasteiger partial charge in [-0.15, -0.1) is 0 Å². The number of nitrogens with zero attached hydrogens (tertiary/aromatic N) is 2. The van der Waals surface area contributed by atoms with E-state index in [9.17, 15) is 5.11 Å². The molecule has 0 amide bonds. The van der Waals surface area contributed by atoms with Gasteiger partial charge in [-0.05, 0) is 19.0 Å². The average Bonchev–Trinajstić information content (AvgIpc) is 2.77. The maximum Gasteiger partial charge on any atom is 0.203 e. The molecule has 1 N–H and O–H groups in total. The largest absolute Gasteiger partial charge is 0.504 e. The van der Waals surface area contributed by atoms with Crippen LogP contribution in [0.25, 0.3) is 0 Å². The molecule has 0 spiro atoms. The zero-order valence-corrected chi connectivity index (χ0v) is 19.6. The summed E-state index contributed by atoms with van der Waals surface area (Å²) in [5.74, 6) is 1.19. The Morgan fingerprint density at radius 2 is 1.33 bits per heavy atom. The molecule has 1 aromatic carbocycles. The van der Waals surface area contributed by atoms with Crippen LogP contribution >= 0.6 is 0 Å². The molecule has 0 aliphatic carbocycles. The number of hydrogen-bond acceptors (Lipinski definition) is 5. The summed E-state index contributed by atoms with van der Waals surface area (Å²) in [6, 6.07) is 3.81. The molecule has 0 radical (unpaired) electrons. The topological polar surface area (TPSA) is 45.2 Å². The summed E-state index contributed by atoms with van der Waals surface area (Å²) >= 11 is 0. The lowest BCUT2D eigenvalue weighted by Gasteiger charge is -2.35. The Bertz CT molecular complexity index is 586. The van der Waals surface area contributed by atoms with Gasteiger partial charge in [-0.3, -0.25) is 4.90 Å². The number of piperazine rings is 1. The van der Waals surface area contributed by atoms with Crippen molar-refractivity contribution in [1.29, 1.82) is 0 Å². The van der Waals surface area contributed by atoms with Crippen LogP contribution in [0.4, 0.5) is 0 Å². The fraction of sp³-hybridized carbons (Fsp3) is 0.760. The molecular formula is C25H44N2O3. The van der Waals surface area contributed by atoms with Crippen molar-refractivity contribution in [2.75, 3.05) is 46.9 Å². The fourth-order valence-electron chi connectivity index (χ4n) is 4.31. The number of rotatable bonds is 15. The summed E-state index contributed by atoms with van der Waals surface area (Å²) in [7, 11) is 3.15. The van der Waals surface area contributed by atoms with Gasteiger partial charge in [0.2, 0.25) is 5.75 Å². The van der Waals surface area contributed by atoms with Crippen molar-refractivity contribution in [2.24, 2.45) is 0 Å². The van der Waals surface area contributed by atoms with Gasteiger partial charge >= 0.3 is 0 Å². The van der Waals surface area contributed by atoms with E-state index in [1.165, 1.54) is 70.8 Å². The van der Waals surface area contributed by atoms with E-state index in [1.54, 1.807) is 14.2 Å². The number of unbranched alkanes of at least 4 members (excludes halogenated alkanes) is 9. The molecule has 0 saturated carbocycles. The number of ether oxygens (including phenoxy) is 2. The van der Waals surface area contributed by atoms with E-state index in [-0.39, 0.29) is 5.75 Å². The first-order valence-corrected chi connectivity index (χ1v) is 12.1. The second kappa shape index (κ2) is 14.5. The summed E-state index contributed by atoms with van der Waals surface area (Å²) in [6.45, 7) is 8.58. The predicted octanol–water partition coefficient (Wildman–Crippen LogP) is 5.45. The normalized spacial score (nSPS) is 15.4. The Hall–Kier alpha value is -1.46. The van der Waals surface area contributed by atoms with Crippen LogP contribution in [0.15, 0.2) is 12.1 Å². The minimum atomic E-state index is 0.199. The van der Waals surface area contributed by atoms with Gasteiger partial charge in [-0.1, -0.05) is 70.8 Å². The zero-order valence-electron chi connectivity index (χ0n) is 19.6. The molecule has 1 aliphatic heterocycles. The Balaban J connectivity index is 1.57. The van der Waals surface area contributed by atoms with Crippen molar-refractivity contribution in [1.82, 2.24) is 9.80 Å². The van der Waals surface area contributed by atoms with Gasteiger partial charge in [-0.2, -0.15) is 0 Å². The third-order valence-corrected chi connectivity index (χ3v) is 6.29. The maximum atomic E-state index is 10.5. The SMILES string of the molecule is CCCCCCCCCCCCN1CCN(Cc2ccc(OC)c(OC)c2O)CC1. The first-order valence-electron chi connectivity index (χ1n) is 12.1. The molecule has 0 aromatic heterocycles. The first-order chi connectivity index (χ1) is 14.7. The van der Waals surface area contributed by atoms with Crippen LogP contribution in [0.3, 0.4) is 0 Å². The van der Waals surface area contributed by atoms with Gasteiger partial charge in [0.1, 0.15) is 0 Å². The third kappa shape index (κ3) is 8.35. The van der Waals surface area contributed by atoms with E-state index in [0.717, 1.165) is 38.3 Å². The number of phenolic OH excluding ortho intramolecular Hbond substituents is 1. The highest BCUT2D eigenvalue weighted by molar-refractivity contribution is 5.54. The van der Waals surface area contributed by atoms with Crippen LogP contribution in [0.1, 0.15) is 76.7 Å². The van der Waals surface area contributed by atoms with Crippen LogP contribution in [-0.2, 0) is 6.54 Å². The van der Waals surface area contributed by atoms with E-state index < -0.39 is 0 Å². The molecule has 1 fully saturated rings. The molecule has 1 aliphatic rings. The zero-order chi connectivity index (χ0) is 21.6. The summed E-state index contributed by atoms with van der Waals surface area (Å²) in [4.78, 5) is 5.01. The van der Waals surface area contributed by atoms with Crippen LogP contribution in [0, 0.1) is 0 Å². The lowest BCUT2D eigenvalue weighted by atomic mass is 10.1. The molecule has 1 heterocycles. The smallest absolute Gasteiger partial charge is 0.203 e. The molecule has 172 valence electrons. The minimum Gasteiger partial charge on any atom is -0.504 e. The fourth-order valence-corrected chi connectivity index (χ4v) is 4.31. The van der Waals surface area contributed by atoms with Crippen LogP contribution < -0.4 is 9.47 Å². The van der Waals surface area contributed by atoms with Gasteiger partial charge in [-0.25, -0.2) is 0 Å². The van der Waals surface area contributed by atoms with Gasteiger partial charge in [0.05, 0.1) is 14.2 Å². The Morgan fingerprint density at radius 3 is 1.90 bits per heavy atom. The van der Waals surface area contributed by atoms with Crippen molar-refractivity contribution >= 4 is 0 Å². The lowest BCUT2D eigenvalue weighted by Crippen LogP contribution is -2.46. The van der Waals surface area contributed by atoms with Crippen molar-refractivity contribution < 1.29 is 14.6 Å². The quantitative estimate of drug-likeness (QED) is 0.382. The van der Waals surface area contributed by atoms with Crippen molar-refractivity contribution in [3.05, 3.63) is 17.7 Å². The molecule has 1 aromatic rings. The molecule has 2 rings (SSSR count). The standard InChI is InChI=1S/C25H44N2O3/c1-4-5-6-7-8-9-10-11-12-13-16-26-17-19-27(20-18-26)21-22-14-15-23(29-2)25(30-3)24(22)28/h14-15,28H,4-13,16-21H2,1-3H3. The Morgan fingerprint density at radius 1 is 0.767 bits per heavy atom. The molecule has 0 bridgehead atoms. The van der Waals surface area contributed by atoms with Crippen molar-refractivity contribution in [2.45, 2.75) is 77.7 Å². The van der Waals surface area contributed by atoms with Gasteiger partial charge in [0, 0.05) is 38.3 Å². The number of benzene rings is 1. The second-order valence-electron chi connectivity index (χ2n) is 8.61. The van der Waals surface area contributed by atoms with Crippen LogP contribution in [0.5, 0.6) is 17.2 Å². The second-order valence-corrected chi connectivity index (χ2v) is 8.61. The first kappa shape index (κ1) is 24.8. The summed E-state index contributed by atoms with van der Waals surface area (Å²) in [5, 5.41) is 10.5. The van der Waals surface area contributed by atoms with Crippen LogP contribution in [-0.4, -0.2) is 61.8 Å². The minimum absolute atomic E-state index is 0.199. The number of phenols is 1. The monoisotopic (exact) mass is 420 g/mol. The molecule has 30 heavy (non-hydrogen) atoms. The van der Waals surface area contributed by atoms with Gasteiger partial charge < -0.3 is 19.5 Å². The molecule has 1 saturated heterocycles. The molecule has 5 heteroatoms. The summed E-state index contributed by atoms with van der Waals surface area (Å²) < 4.78 is 10.6. The molecule has 5 nitrogen and oxygen atoms in total. The van der Waals surface area contributed by atoms with Crippen molar-refractivity contribution in [3.63, 3.8) is 0 Å². The highest BCUT2D eigenvalue weighted by Crippen LogP contribution is 2.39. The predicted molar refractivity (Wildman–Crippen MR) is 125 cm³/mol. The van der Waals surface area contributed by atoms with E-state index >= 15 is 0 Å². The number of aromatic hydroxyl groups is 1. The molecule has 0 atom stereocenters. The highest BCUT2D eigenvalue weighted by atomic mass is 16.5. The molecular weight excluding hydrogens is 376 g/mol. The number of hydrogen-bond donors (Lipinski definition) is 1. The third-order valence-electron chi connectivity index (χ3n) is 6.29. The lowest BCUT2D eigenvalue weighted by molar-refractivity contribution is 0.124. The average molecular weight is 421 g/mol. The van der Waals surface area contributed by atoms with E-state index in [2.05, 4.69) is 16.7 Å². The Labute approximate surface area is 184 Å². The van der Waals surface area contributed by atoms with E-state index in [0.29, 0.717) is 11.5 Å². The Kier molecular flexibility index (Phi) is 12.0. The van der Waals surface area contributed by atoms with Gasteiger partial charge in [0.15, 0.2) is 11.5 Å². The van der Waals surface area contributed by atoms with E-state index in [4.69, 9.17) is 9.47 Å². The summed E-state index contributed by atoms with van der Waals surface area (Å²) in [5.41, 5.74) is 0.899. The van der Waals surface area contributed by atoms with Gasteiger partial charge in [0.25, 0.3) is 0 Å².